The second-order valence-corrected chi connectivity index (χ2v) is 9.43. The highest BCUT2D eigenvalue weighted by Crippen LogP contribution is 2.45. The average molecular weight is 410 g/mol. The van der Waals surface area contributed by atoms with E-state index in [4.69, 9.17) is 4.74 Å². The van der Waals surface area contributed by atoms with E-state index in [-0.39, 0.29) is 11.6 Å². The number of unbranched alkanes of at least 4 members (excludes halogenated alkanes) is 1. The number of allylic oxidation sites excluding steroid dienone is 1. The maximum atomic E-state index is 11.6. The molecule has 0 bridgehead atoms. The molecule has 0 aromatic carbocycles. The van der Waals surface area contributed by atoms with Crippen LogP contribution in [-0.4, -0.2) is 11.6 Å². The molecule has 0 spiro atoms. The molecule has 0 aliphatic heterocycles. The van der Waals surface area contributed by atoms with E-state index in [1.54, 1.807) is 0 Å². The number of carbonyl (C=O) groups is 1. The lowest BCUT2D eigenvalue weighted by molar-refractivity contribution is -0.154. The van der Waals surface area contributed by atoms with Gasteiger partial charge in [-0.15, -0.1) is 0 Å². The Balaban J connectivity index is 1.98. The van der Waals surface area contributed by atoms with Crippen LogP contribution in [0.15, 0.2) is 9.47 Å². The van der Waals surface area contributed by atoms with Crippen molar-refractivity contribution in [2.24, 2.45) is 11.8 Å². The third-order valence-corrected chi connectivity index (χ3v) is 4.18. The highest BCUT2D eigenvalue weighted by Gasteiger charge is 2.35. The molecule has 2 nitrogen and oxygen atoms in total. The van der Waals surface area contributed by atoms with Crippen molar-refractivity contribution in [2.45, 2.75) is 71.3 Å². The summed E-state index contributed by atoms with van der Waals surface area (Å²) in [5, 5.41) is 0. The number of halogens is 2. The lowest BCUT2D eigenvalue weighted by Gasteiger charge is -2.19. The van der Waals surface area contributed by atoms with Gasteiger partial charge in [0.1, 0.15) is 5.60 Å². The van der Waals surface area contributed by atoms with E-state index in [1.165, 1.54) is 19.3 Å². The van der Waals surface area contributed by atoms with Crippen molar-refractivity contribution in [3.05, 3.63) is 9.47 Å². The molecule has 1 aliphatic rings. The minimum atomic E-state index is -0.351. The number of carbonyl (C=O) groups excluding carboxylic acids is 1. The van der Waals surface area contributed by atoms with E-state index in [0.29, 0.717) is 6.42 Å². The molecule has 1 rings (SSSR count). The maximum absolute atomic E-state index is 11.6. The standard InChI is InChI=1S/C16H26Br2O2/c1-16(2,3)20-15(19)10-5-4-7-12-11-13(12)8-6-9-14(17)18/h9,12-13H,4-8,10-11H2,1-3H3/t12-,13-/m1/s1. The van der Waals surface area contributed by atoms with Crippen LogP contribution in [0.25, 0.3) is 0 Å². The summed E-state index contributed by atoms with van der Waals surface area (Å²) in [6, 6.07) is 0. The fraction of sp³-hybridized carbons (Fsp3) is 0.812. The van der Waals surface area contributed by atoms with Crippen LogP contribution in [0.4, 0.5) is 0 Å². The van der Waals surface area contributed by atoms with Crippen LogP contribution in [0.3, 0.4) is 0 Å². The third kappa shape index (κ3) is 9.17. The number of hydrogen-bond acceptors (Lipinski definition) is 2. The van der Waals surface area contributed by atoms with Crippen molar-refractivity contribution in [2.75, 3.05) is 0 Å². The molecule has 0 saturated heterocycles. The maximum Gasteiger partial charge on any atom is 0.306 e. The summed E-state index contributed by atoms with van der Waals surface area (Å²) in [6.45, 7) is 5.75. The molecule has 1 aliphatic carbocycles. The zero-order valence-electron chi connectivity index (χ0n) is 12.8. The Morgan fingerprint density at radius 3 is 2.45 bits per heavy atom. The molecule has 2 atom stereocenters. The molecular formula is C16H26Br2O2. The normalized spacial score (nSPS) is 21.4. The molecule has 0 aromatic rings. The van der Waals surface area contributed by atoms with Crippen LogP contribution in [0.2, 0.25) is 0 Å². The highest BCUT2D eigenvalue weighted by molar-refractivity contribution is 9.28. The Hall–Kier alpha value is 0.170. The molecule has 20 heavy (non-hydrogen) atoms. The summed E-state index contributed by atoms with van der Waals surface area (Å²) >= 11 is 6.76. The van der Waals surface area contributed by atoms with E-state index in [2.05, 4.69) is 37.9 Å². The third-order valence-electron chi connectivity index (χ3n) is 3.53. The van der Waals surface area contributed by atoms with Crippen LogP contribution in [0, 0.1) is 11.8 Å². The fourth-order valence-electron chi connectivity index (χ4n) is 2.49. The van der Waals surface area contributed by atoms with Gasteiger partial charge in [-0.05, 0) is 90.2 Å². The Kier molecular flexibility index (Phi) is 7.81. The van der Waals surface area contributed by atoms with Crippen molar-refractivity contribution in [3.63, 3.8) is 0 Å². The zero-order chi connectivity index (χ0) is 15.2. The van der Waals surface area contributed by atoms with Crippen LogP contribution < -0.4 is 0 Å². The summed E-state index contributed by atoms with van der Waals surface area (Å²) in [7, 11) is 0. The number of esters is 1. The van der Waals surface area contributed by atoms with Crippen molar-refractivity contribution in [3.8, 4) is 0 Å². The molecule has 0 amide bonds. The number of hydrogen-bond donors (Lipinski definition) is 0. The van der Waals surface area contributed by atoms with Crippen LogP contribution in [-0.2, 0) is 9.53 Å². The quantitative estimate of drug-likeness (QED) is 0.366. The van der Waals surface area contributed by atoms with Gasteiger partial charge in [-0.3, -0.25) is 4.79 Å². The summed E-state index contributed by atoms with van der Waals surface area (Å²) in [5.74, 6) is 1.75. The first-order valence-electron chi connectivity index (χ1n) is 7.51. The molecule has 0 aromatic heterocycles. The fourth-order valence-corrected chi connectivity index (χ4v) is 2.95. The average Bonchev–Trinajstić information content (AvgIpc) is 3.00. The highest BCUT2D eigenvalue weighted by atomic mass is 79.9. The lowest BCUT2D eigenvalue weighted by Crippen LogP contribution is -2.23. The van der Waals surface area contributed by atoms with Gasteiger partial charge in [-0.1, -0.05) is 18.9 Å². The van der Waals surface area contributed by atoms with E-state index in [9.17, 15) is 4.79 Å². The van der Waals surface area contributed by atoms with Gasteiger partial charge in [0.2, 0.25) is 0 Å². The van der Waals surface area contributed by atoms with Crippen molar-refractivity contribution in [1.82, 2.24) is 0 Å². The largest absolute Gasteiger partial charge is 0.460 e. The first-order chi connectivity index (χ1) is 9.28. The van der Waals surface area contributed by atoms with Gasteiger partial charge in [0.25, 0.3) is 0 Å². The molecule has 0 N–H and O–H groups in total. The predicted molar refractivity (Wildman–Crippen MR) is 91.1 cm³/mol. The van der Waals surface area contributed by atoms with E-state index in [0.717, 1.165) is 34.5 Å². The molecule has 1 fully saturated rings. The van der Waals surface area contributed by atoms with Crippen molar-refractivity contribution in [1.29, 1.82) is 0 Å². The monoisotopic (exact) mass is 408 g/mol. The van der Waals surface area contributed by atoms with Gasteiger partial charge in [-0.25, -0.2) is 0 Å². The Bertz CT molecular complexity index is 341. The minimum Gasteiger partial charge on any atom is -0.460 e. The Morgan fingerprint density at radius 2 is 1.85 bits per heavy atom. The second-order valence-electron chi connectivity index (χ2n) is 6.66. The number of ether oxygens (including phenoxy) is 1. The van der Waals surface area contributed by atoms with Gasteiger partial charge in [-0.2, -0.15) is 0 Å². The van der Waals surface area contributed by atoms with Crippen molar-refractivity contribution < 1.29 is 9.53 Å². The van der Waals surface area contributed by atoms with Crippen molar-refractivity contribution >= 4 is 37.8 Å². The van der Waals surface area contributed by atoms with Gasteiger partial charge in [0, 0.05) is 6.42 Å². The molecular weight excluding hydrogens is 384 g/mol. The Labute approximate surface area is 140 Å². The minimum absolute atomic E-state index is 0.0582. The molecule has 4 heteroatoms. The van der Waals surface area contributed by atoms with Crippen LogP contribution in [0.5, 0.6) is 0 Å². The summed E-state index contributed by atoms with van der Waals surface area (Å²) in [6.07, 6.45) is 9.93. The van der Waals surface area contributed by atoms with Gasteiger partial charge in [0.15, 0.2) is 0 Å². The SMILES string of the molecule is CC(C)(C)OC(=O)CCCC[C@@H]1C[C@H]1CCC=C(Br)Br. The number of rotatable bonds is 8. The first kappa shape index (κ1) is 18.2. The summed E-state index contributed by atoms with van der Waals surface area (Å²) in [5.41, 5.74) is -0.351. The van der Waals surface area contributed by atoms with Crippen LogP contribution in [0.1, 0.15) is 65.7 Å². The zero-order valence-corrected chi connectivity index (χ0v) is 15.9. The van der Waals surface area contributed by atoms with E-state index < -0.39 is 0 Å². The van der Waals surface area contributed by atoms with Gasteiger partial charge < -0.3 is 4.74 Å². The lowest BCUT2D eigenvalue weighted by atomic mass is 10.1. The van der Waals surface area contributed by atoms with Crippen LogP contribution >= 0.6 is 31.9 Å². The van der Waals surface area contributed by atoms with Gasteiger partial charge in [0.05, 0.1) is 3.39 Å². The van der Waals surface area contributed by atoms with E-state index in [1.807, 2.05) is 20.8 Å². The molecule has 116 valence electrons. The Morgan fingerprint density at radius 1 is 1.20 bits per heavy atom. The first-order valence-corrected chi connectivity index (χ1v) is 9.09. The summed E-state index contributed by atoms with van der Waals surface area (Å²) in [4.78, 5) is 11.6. The van der Waals surface area contributed by atoms with E-state index >= 15 is 0 Å². The molecule has 1 saturated carbocycles. The van der Waals surface area contributed by atoms with Gasteiger partial charge >= 0.3 is 5.97 Å². The topological polar surface area (TPSA) is 26.3 Å². The molecule has 0 radical (unpaired) electrons. The molecule has 0 heterocycles. The molecule has 0 unspecified atom stereocenters. The predicted octanol–water partition coefficient (Wildman–Crippen LogP) is 5.94. The smallest absolute Gasteiger partial charge is 0.306 e. The summed E-state index contributed by atoms with van der Waals surface area (Å²) < 4.78 is 6.36. The second kappa shape index (κ2) is 8.57.